The van der Waals surface area contributed by atoms with Crippen LogP contribution in [-0.4, -0.2) is 62.7 Å². The Bertz CT molecular complexity index is 1210. The number of quaternary nitrogens is 1. The fourth-order valence-electron chi connectivity index (χ4n) is 5.43. The number of primary amides is 1. The van der Waals surface area contributed by atoms with E-state index in [1.165, 1.54) is 12.7 Å². The number of hydrogen-bond acceptors (Lipinski definition) is 7. The van der Waals surface area contributed by atoms with Crippen LogP contribution in [0, 0.1) is 0 Å². The molecule has 3 aromatic rings. The number of aromatic nitrogens is 3. The Labute approximate surface area is 196 Å². The summed E-state index contributed by atoms with van der Waals surface area (Å²) in [5, 5.41) is 11.7. The molecule has 5 rings (SSSR count). The number of amides is 1. The van der Waals surface area contributed by atoms with Gasteiger partial charge in [0.2, 0.25) is 11.6 Å². The Hall–Kier alpha value is -3.69. The first-order valence-electron chi connectivity index (χ1n) is 11.2. The first kappa shape index (κ1) is 22.1. The van der Waals surface area contributed by atoms with Crippen molar-refractivity contribution in [2.24, 2.45) is 5.73 Å². The summed E-state index contributed by atoms with van der Waals surface area (Å²) in [7, 11) is 1.88. The zero-order chi connectivity index (χ0) is 23.9. The highest BCUT2D eigenvalue weighted by atomic mass is 16.6. The van der Waals surface area contributed by atoms with Crippen LogP contribution in [0.5, 0.6) is 0 Å². The number of piperidine rings is 1. The summed E-state index contributed by atoms with van der Waals surface area (Å²) in [5.74, 6) is -0.994. The molecular formula is C25H26N5O4+. The van der Waals surface area contributed by atoms with Gasteiger partial charge in [-0.2, -0.15) is 0 Å². The van der Waals surface area contributed by atoms with Crippen molar-refractivity contribution in [2.75, 3.05) is 20.1 Å². The van der Waals surface area contributed by atoms with Crippen LogP contribution < -0.4 is 5.73 Å². The molecule has 9 heteroatoms. The van der Waals surface area contributed by atoms with Crippen molar-refractivity contribution < 1.29 is 23.9 Å². The van der Waals surface area contributed by atoms with Crippen molar-refractivity contribution in [3.63, 3.8) is 0 Å². The largest absolute Gasteiger partial charge is 0.454 e. The molecule has 1 aliphatic heterocycles. The number of carbonyl (C=O) groups is 2. The van der Waals surface area contributed by atoms with E-state index in [4.69, 9.17) is 10.5 Å². The van der Waals surface area contributed by atoms with E-state index in [2.05, 4.69) is 15.0 Å². The van der Waals surface area contributed by atoms with Crippen LogP contribution >= 0.6 is 0 Å². The third-order valence-electron chi connectivity index (χ3n) is 6.96. The van der Waals surface area contributed by atoms with Gasteiger partial charge in [0, 0.05) is 17.5 Å². The topological polar surface area (TPSA) is 128 Å². The Morgan fingerprint density at radius 2 is 1.68 bits per heavy atom. The number of likely N-dealkylation sites (tertiary alicyclic amines) is 1. The molecule has 9 nitrogen and oxygen atoms in total. The van der Waals surface area contributed by atoms with Gasteiger partial charge in [-0.05, 0) is 17.5 Å². The molecule has 174 valence electrons. The number of rotatable bonds is 5. The highest BCUT2D eigenvalue weighted by Gasteiger charge is 2.51. The summed E-state index contributed by atoms with van der Waals surface area (Å²) in [6.45, 7) is 0.980. The lowest BCUT2D eigenvalue weighted by molar-refractivity contribution is -0.937. The summed E-state index contributed by atoms with van der Waals surface area (Å²) < 4.78 is 6.14. The minimum atomic E-state index is -1.90. The summed E-state index contributed by atoms with van der Waals surface area (Å²) in [5.41, 5.74) is 6.50. The average Bonchev–Trinajstić information content (AvgIpc) is 3.10. The van der Waals surface area contributed by atoms with Gasteiger partial charge < -0.3 is 20.1 Å². The van der Waals surface area contributed by atoms with Gasteiger partial charge in [0.15, 0.2) is 11.9 Å². The highest BCUT2D eigenvalue weighted by Crippen LogP contribution is 2.48. The quantitative estimate of drug-likeness (QED) is 0.436. The monoisotopic (exact) mass is 460 g/mol. The normalized spacial score (nSPS) is 23.4. The van der Waals surface area contributed by atoms with Crippen molar-refractivity contribution in [3.8, 4) is 11.1 Å². The molecule has 0 radical (unpaired) electrons. The fraction of sp³-hybridized carbons (Fsp3) is 0.320. The average molecular weight is 461 g/mol. The van der Waals surface area contributed by atoms with Crippen LogP contribution in [0.25, 0.3) is 11.1 Å². The van der Waals surface area contributed by atoms with E-state index < -0.39 is 29.6 Å². The van der Waals surface area contributed by atoms with Crippen molar-refractivity contribution in [1.82, 2.24) is 15.0 Å². The summed E-state index contributed by atoms with van der Waals surface area (Å²) in [4.78, 5) is 38.1. The molecule has 1 aliphatic carbocycles. The van der Waals surface area contributed by atoms with E-state index in [9.17, 15) is 14.7 Å². The molecule has 0 spiro atoms. The lowest BCUT2D eigenvalue weighted by Crippen LogP contribution is -2.59. The minimum absolute atomic E-state index is 0.197. The maximum absolute atomic E-state index is 13.5. The molecule has 2 aliphatic rings. The lowest BCUT2D eigenvalue weighted by atomic mass is 9.91. The third-order valence-corrected chi connectivity index (χ3v) is 6.96. The molecule has 2 unspecified atom stereocenters. The number of benzene rings is 2. The molecule has 1 saturated heterocycles. The fourth-order valence-corrected chi connectivity index (χ4v) is 5.43. The van der Waals surface area contributed by atoms with E-state index in [0.717, 1.165) is 11.1 Å². The molecular weight excluding hydrogens is 434 g/mol. The van der Waals surface area contributed by atoms with Crippen LogP contribution in [0.4, 0.5) is 0 Å². The number of carbonyl (C=O) groups excluding carboxylic acids is 2. The maximum Gasteiger partial charge on any atom is 0.348 e. The second kappa shape index (κ2) is 8.27. The number of nitrogens with zero attached hydrogens (tertiary/aromatic N) is 4. The van der Waals surface area contributed by atoms with Gasteiger partial charge in [0.05, 0.1) is 13.6 Å². The standard InChI is InChI=1S/C25H25N5O4/c1-30(21(22(26)31)23-28-14-27-15-29-23)12-6-7-16(13-30)34-24(32)25(33)19-10-4-2-8-17(19)18-9-3-5-11-20(18)25/h2-5,8-11,14-16,21,33H,6-7,12-13H2,1H3,(H-,26,31)/p+1/t16-,21?,30?/m1/s1. The predicted octanol–water partition coefficient (Wildman–Crippen LogP) is 1.47. The molecule has 3 N–H and O–H groups in total. The number of hydrogen-bond donors (Lipinski definition) is 2. The van der Waals surface area contributed by atoms with Crippen LogP contribution in [0.15, 0.2) is 61.2 Å². The summed E-state index contributed by atoms with van der Waals surface area (Å²) >= 11 is 0. The van der Waals surface area contributed by atoms with E-state index >= 15 is 0 Å². The van der Waals surface area contributed by atoms with Crippen LogP contribution in [0.1, 0.15) is 35.8 Å². The first-order valence-corrected chi connectivity index (χ1v) is 11.2. The SMILES string of the molecule is C[N+]1(C(C(N)=O)c2ncncn2)CCC[C@@H](OC(=O)C2(O)c3ccccc3-c3ccccc32)C1. The molecule has 1 aromatic heterocycles. The zero-order valence-corrected chi connectivity index (χ0v) is 18.8. The third kappa shape index (κ3) is 3.44. The molecule has 2 heterocycles. The summed E-state index contributed by atoms with van der Waals surface area (Å²) in [6, 6.07) is 13.8. The Kier molecular flexibility index (Phi) is 5.38. The van der Waals surface area contributed by atoms with Crippen LogP contribution in [0.2, 0.25) is 0 Å². The number of fused-ring (bicyclic) bond motifs is 3. The number of aliphatic hydroxyl groups is 1. The lowest BCUT2D eigenvalue weighted by Gasteiger charge is -2.44. The minimum Gasteiger partial charge on any atom is -0.454 e. The van der Waals surface area contributed by atoms with Gasteiger partial charge in [0.1, 0.15) is 19.2 Å². The molecule has 34 heavy (non-hydrogen) atoms. The van der Waals surface area contributed by atoms with Gasteiger partial charge in [-0.25, -0.2) is 19.7 Å². The van der Waals surface area contributed by atoms with Gasteiger partial charge in [0.25, 0.3) is 5.91 Å². The molecule has 0 bridgehead atoms. The molecule has 0 saturated carbocycles. The van der Waals surface area contributed by atoms with E-state index in [0.29, 0.717) is 37.1 Å². The first-order chi connectivity index (χ1) is 16.3. The van der Waals surface area contributed by atoms with E-state index in [1.54, 1.807) is 24.3 Å². The number of ether oxygens (including phenoxy) is 1. The molecule has 1 amide bonds. The maximum atomic E-state index is 13.5. The Morgan fingerprint density at radius 1 is 1.09 bits per heavy atom. The summed E-state index contributed by atoms with van der Waals surface area (Å²) in [6.07, 6.45) is 3.46. The van der Waals surface area contributed by atoms with Crippen molar-refractivity contribution in [1.29, 1.82) is 0 Å². The zero-order valence-electron chi connectivity index (χ0n) is 18.8. The molecule has 1 fully saturated rings. The smallest absolute Gasteiger partial charge is 0.348 e. The van der Waals surface area contributed by atoms with Crippen molar-refractivity contribution in [2.45, 2.75) is 30.6 Å². The van der Waals surface area contributed by atoms with Crippen molar-refractivity contribution in [3.05, 3.63) is 78.1 Å². The molecule has 2 aromatic carbocycles. The molecule has 3 atom stereocenters. The van der Waals surface area contributed by atoms with Gasteiger partial charge in [-0.3, -0.25) is 4.79 Å². The van der Waals surface area contributed by atoms with Gasteiger partial charge in [-0.15, -0.1) is 0 Å². The van der Waals surface area contributed by atoms with E-state index in [1.807, 2.05) is 31.3 Å². The van der Waals surface area contributed by atoms with Gasteiger partial charge in [-0.1, -0.05) is 48.5 Å². The Balaban J connectivity index is 1.43. The second-order valence-corrected chi connectivity index (χ2v) is 9.16. The number of nitrogens with two attached hydrogens (primary N) is 1. The van der Waals surface area contributed by atoms with E-state index in [-0.39, 0.29) is 10.3 Å². The van der Waals surface area contributed by atoms with Crippen molar-refractivity contribution >= 4 is 11.9 Å². The van der Waals surface area contributed by atoms with Gasteiger partial charge >= 0.3 is 5.97 Å². The Morgan fingerprint density at radius 3 is 2.26 bits per heavy atom. The number of esters is 1. The number of likely N-dealkylation sites (N-methyl/N-ethyl adjacent to an activating group) is 1. The van der Waals surface area contributed by atoms with Crippen LogP contribution in [0.3, 0.4) is 0 Å². The second-order valence-electron chi connectivity index (χ2n) is 9.16. The highest BCUT2D eigenvalue weighted by molar-refractivity contribution is 5.96. The van der Waals surface area contributed by atoms with Crippen LogP contribution in [-0.2, 0) is 19.9 Å². The predicted molar refractivity (Wildman–Crippen MR) is 122 cm³/mol.